The quantitative estimate of drug-likeness (QED) is 0.400. The van der Waals surface area contributed by atoms with E-state index in [4.69, 9.17) is 4.74 Å². The molecule has 0 aliphatic heterocycles. The first-order chi connectivity index (χ1) is 8.36. The van der Waals surface area contributed by atoms with Gasteiger partial charge in [0.05, 0.1) is 6.61 Å². The second-order valence-corrected chi connectivity index (χ2v) is 6.11. The molecule has 1 aromatic rings. The summed E-state index contributed by atoms with van der Waals surface area (Å²) in [6, 6.07) is 8.32. The molecule has 0 saturated heterocycles. The van der Waals surface area contributed by atoms with Crippen molar-refractivity contribution in [1.29, 1.82) is 0 Å². The maximum absolute atomic E-state index is 5.70. The summed E-state index contributed by atoms with van der Waals surface area (Å²) in [7, 11) is 1.73. The van der Waals surface area contributed by atoms with Crippen LogP contribution in [0.4, 0.5) is 0 Å². The van der Waals surface area contributed by atoms with Crippen LogP contribution in [0.25, 0.3) is 0 Å². The van der Waals surface area contributed by atoms with Crippen molar-refractivity contribution in [3.05, 3.63) is 24.3 Å². The molecule has 0 saturated carbocycles. The molecule has 0 radical (unpaired) electrons. The monoisotopic (exact) mass is 364 g/mol. The van der Waals surface area contributed by atoms with Crippen LogP contribution in [-0.4, -0.2) is 6.61 Å². The van der Waals surface area contributed by atoms with Gasteiger partial charge in [-0.1, -0.05) is 48.0 Å². The lowest BCUT2D eigenvalue weighted by Crippen LogP contribution is -1.96. The Labute approximate surface area is 121 Å². The first-order valence-electron chi connectivity index (χ1n) is 6.38. The van der Waals surface area contributed by atoms with E-state index in [1.165, 1.54) is 43.4 Å². The molecule has 0 atom stereocenters. The highest BCUT2D eigenvalue weighted by atomic mass is 127. The van der Waals surface area contributed by atoms with E-state index < -0.39 is 0 Å². The third-order valence-corrected chi connectivity index (χ3v) is 4.66. The Hall–Kier alpha value is 0.1000. The van der Waals surface area contributed by atoms with E-state index in [9.17, 15) is 0 Å². The lowest BCUT2D eigenvalue weighted by molar-refractivity contribution is 0.304. The SMILES string of the molecule is CCCCCCCCOc1ccc(SI)cc1. The summed E-state index contributed by atoms with van der Waals surface area (Å²) in [6.45, 7) is 3.10. The standard InChI is InChI=1S/C14H21IOS/c1-2-3-4-5-6-7-12-16-13-8-10-14(17-15)11-9-13/h8-11H,2-7,12H2,1H3. The van der Waals surface area contributed by atoms with Gasteiger partial charge in [0.2, 0.25) is 0 Å². The lowest BCUT2D eigenvalue weighted by Gasteiger charge is -2.06. The minimum Gasteiger partial charge on any atom is -0.494 e. The van der Waals surface area contributed by atoms with Gasteiger partial charge in [0, 0.05) is 26.1 Å². The molecule has 1 nitrogen and oxygen atoms in total. The van der Waals surface area contributed by atoms with E-state index in [1.54, 1.807) is 8.93 Å². The zero-order valence-corrected chi connectivity index (χ0v) is 13.4. The molecule has 3 heteroatoms. The first kappa shape index (κ1) is 15.2. The Morgan fingerprint density at radius 2 is 1.65 bits per heavy atom. The molecule has 0 spiro atoms. The summed E-state index contributed by atoms with van der Waals surface area (Å²) in [5.74, 6) is 0.993. The van der Waals surface area contributed by atoms with E-state index in [0.29, 0.717) is 0 Å². The van der Waals surface area contributed by atoms with Crippen LogP contribution < -0.4 is 4.74 Å². The fourth-order valence-corrected chi connectivity index (χ4v) is 2.78. The normalized spacial score (nSPS) is 10.5. The Morgan fingerprint density at radius 1 is 1.00 bits per heavy atom. The van der Waals surface area contributed by atoms with Gasteiger partial charge < -0.3 is 4.74 Å². The van der Waals surface area contributed by atoms with Crippen LogP contribution >= 0.6 is 30.1 Å². The van der Waals surface area contributed by atoms with E-state index in [-0.39, 0.29) is 0 Å². The van der Waals surface area contributed by atoms with Gasteiger partial charge in [-0.15, -0.1) is 0 Å². The summed E-state index contributed by atoms with van der Waals surface area (Å²) < 4.78 is 5.70. The van der Waals surface area contributed by atoms with Crippen molar-refractivity contribution in [2.24, 2.45) is 0 Å². The van der Waals surface area contributed by atoms with Crippen LogP contribution in [0.1, 0.15) is 45.4 Å². The number of halogens is 1. The molecule has 96 valence electrons. The molecule has 0 aromatic heterocycles. The molecule has 0 amide bonds. The number of benzene rings is 1. The fraction of sp³-hybridized carbons (Fsp3) is 0.571. The second-order valence-electron chi connectivity index (χ2n) is 4.16. The topological polar surface area (TPSA) is 9.23 Å². The van der Waals surface area contributed by atoms with E-state index in [0.717, 1.165) is 12.4 Å². The summed E-state index contributed by atoms with van der Waals surface area (Å²) in [4.78, 5) is 1.28. The van der Waals surface area contributed by atoms with Gasteiger partial charge in [-0.2, -0.15) is 0 Å². The minimum absolute atomic E-state index is 0.850. The van der Waals surface area contributed by atoms with Crippen molar-refractivity contribution in [3.63, 3.8) is 0 Å². The Bertz CT molecular complexity index is 287. The first-order valence-corrected chi connectivity index (χ1v) is 9.74. The molecule has 0 bridgehead atoms. The molecule has 1 aromatic carbocycles. The van der Waals surface area contributed by atoms with Crippen molar-refractivity contribution in [3.8, 4) is 5.75 Å². The van der Waals surface area contributed by atoms with Crippen molar-refractivity contribution in [2.45, 2.75) is 50.3 Å². The maximum Gasteiger partial charge on any atom is 0.119 e. The van der Waals surface area contributed by atoms with Crippen molar-refractivity contribution >= 4 is 30.1 Å². The van der Waals surface area contributed by atoms with Gasteiger partial charge in [-0.3, -0.25) is 0 Å². The zero-order chi connectivity index (χ0) is 12.3. The van der Waals surface area contributed by atoms with Crippen molar-refractivity contribution in [2.75, 3.05) is 6.61 Å². The molecule has 0 aliphatic rings. The number of hydrogen-bond acceptors (Lipinski definition) is 2. The van der Waals surface area contributed by atoms with Gasteiger partial charge in [0.25, 0.3) is 0 Å². The molecular weight excluding hydrogens is 343 g/mol. The zero-order valence-electron chi connectivity index (χ0n) is 10.5. The third kappa shape index (κ3) is 7.19. The Balaban J connectivity index is 2.05. The van der Waals surface area contributed by atoms with Crippen molar-refractivity contribution < 1.29 is 4.74 Å². The molecule has 0 N–H and O–H groups in total. The highest BCUT2D eigenvalue weighted by Crippen LogP contribution is 2.26. The van der Waals surface area contributed by atoms with Gasteiger partial charge in [0.15, 0.2) is 0 Å². The summed E-state index contributed by atoms with van der Waals surface area (Å²) >= 11 is 2.29. The lowest BCUT2D eigenvalue weighted by atomic mass is 10.1. The summed E-state index contributed by atoms with van der Waals surface area (Å²) in [6.07, 6.45) is 7.88. The molecule has 0 unspecified atom stereocenters. The van der Waals surface area contributed by atoms with Crippen LogP contribution in [0.5, 0.6) is 5.75 Å². The molecular formula is C14H21IOS. The van der Waals surface area contributed by atoms with Gasteiger partial charge in [0.1, 0.15) is 5.75 Å². The third-order valence-electron chi connectivity index (χ3n) is 2.68. The number of rotatable bonds is 9. The van der Waals surface area contributed by atoms with Gasteiger partial charge in [-0.05, 0) is 30.7 Å². The second kappa shape index (κ2) is 10.1. The number of unbranched alkanes of at least 4 members (excludes halogenated alkanes) is 5. The van der Waals surface area contributed by atoms with Crippen LogP contribution in [0.3, 0.4) is 0 Å². The molecule has 0 aliphatic carbocycles. The Morgan fingerprint density at radius 3 is 2.29 bits per heavy atom. The van der Waals surface area contributed by atoms with E-state index in [2.05, 4.69) is 52.4 Å². The van der Waals surface area contributed by atoms with Crippen LogP contribution in [-0.2, 0) is 0 Å². The smallest absolute Gasteiger partial charge is 0.119 e. The number of ether oxygens (including phenoxy) is 1. The summed E-state index contributed by atoms with van der Waals surface area (Å²) in [5, 5.41) is 0. The van der Waals surface area contributed by atoms with Crippen LogP contribution in [0.2, 0.25) is 0 Å². The van der Waals surface area contributed by atoms with Crippen LogP contribution in [0.15, 0.2) is 29.2 Å². The Kier molecular flexibility index (Phi) is 8.97. The fourth-order valence-electron chi connectivity index (χ4n) is 1.66. The average Bonchev–Trinajstić information content (AvgIpc) is 2.38. The number of hydrogen-bond donors (Lipinski definition) is 0. The molecule has 17 heavy (non-hydrogen) atoms. The molecule has 0 heterocycles. The molecule has 0 fully saturated rings. The van der Waals surface area contributed by atoms with E-state index >= 15 is 0 Å². The minimum atomic E-state index is 0.850. The predicted octanol–water partition coefficient (Wildman–Crippen LogP) is 5.87. The average molecular weight is 364 g/mol. The highest BCUT2D eigenvalue weighted by molar-refractivity contribution is 14.2. The van der Waals surface area contributed by atoms with Gasteiger partial charge >= 0.3 is 0 Å². The summed E-state index contributed by atoms with van der Waals surface area (Å²) in [5.41, 5.74) is 0. The largest absolute Gasteiger partial charge is 0.494 e. The van der Waals surface area contributed by atoms with Crippen molar-refractivity contribution in [1.82, 2.24) is 0 Å². The van der Waals surface area contributed by atoms with Crippen LogP contribution in [0, 0.1) is 0 Å². The highest BCUT2D eigenvalue weighted by Gasteiger charge is 1.95. The van der Waals surface area contributed by atoms with Gasteiger partial charge in [-0.25, -0.2) is 0 Å². The maximum atomic E-state index is 5.70. The predicted molar refractivity (Wildman–Crippen MR) is 85.2 cm³/mol. The molecule has 1 rings (SSSR count). The van der Waals surface area contributed by atoms with E-state index in [1.807, 2.05) is 0 Å².